The summed E-state index contributed by atoms with van der Waals surface area (Å²) in [4.78, 5) is 0.0496. The molecule has 0 atom stereocenters. The van der Waals surface area contributed by atoms with Crippen molar-refractivity contribution in [2.75, 3.05) is 36.9 Å². The molecule has 0 aliphatic carbocycles. The van der Waals surface area contributed by atoms with E-state index < -0.39 is 10.0 Å². The van der Waals surface area contributed by atoms with E-state index in [1.54, 1.807) is 12.1 Å². The van der Waals surface area contributed by atoms with Crippen molar-refractivity contribution in [1.82, 2.24) is 4.31 Å². The zero-order valence-corrected chi connectivity index (χ0v) is 16.2. The molecule has 0 amide bonds. The Hall–Kier alpha value is -1.71. The Labute approximate surface area is 163 Å². The summed E-state index contributed by atoms with van der Waals surface area (Å²) < 4.78 is 32.3. The van der Waals surface area contributed by atoms with Gasteiger partial charge < -0.3 is 15.4 Å². The number of sulfonamides is 1. The van der Waals surface area contributed by atoms with Crippen molar-refractivity contribution in [3.8, 4) is 0 Å². The number of hydrogen-bond donors (Lipinski definition) is 2. The third-order valence-electron chi connectivity index (χ3n) is 3.81. The topological polar surface area (TPSA) is 70.7 Å². The van der Waals surface area contributed by atoms with E-state index in [1.807, 2.05) is 30.3 Å². The second-order valence-electron chi connectivity index (χ2n) is 5.61. The summed E-state index contributed by atoms with van der Waals surface area (Å²) in [5, 5.41) is 6.55. The van der Waals surface area contributed by atoms with E-state index >= 15 is 0 Å². The Balaban J connectivity index is 1.78. The molecule has 26 heavy (non-hydrogen) atoms. The van der Waals surface area contributed by atoms with Crippen LogP contribution >= 0.6 is 23.8 Å². The summed E-state index contributed by atoms with van der Waals surface area (Å²) in [5.74, 6) is 0. The van der Waals surface area contributed by atoms with E-state index in [-0.39, 0.29) is 9.92 Å². The highest BCUT2D eigenvalue weighted by atomic mass is 35.5. The molecule has 0 bridgehead atoms. The maximum absolute atomic E-state index is 12.8. The zero-order chi connectivity index (χ0) is 18.6. The molecule has 0 saturated carbocycles. The molecule has 2 aromatic rings. The Bertz CT molecular complexity index is 885. The van der Waals surface area contributed by atoms with Gasteiger partial charge in [0.25, 0.3) is 0 Å². The van der Waals surface area contributed by atoms with Crippen LogP contribution in [0.5, 0.6) is 0 Å². The fourth-order valence-electron chi connectivity index (χ4n) is 2.52. The molecule has 1 saturated heterocycles. The number of ether oxygens (including phenoxy) is 1. The van der Waals surface area contributed by atoms with Gasteiger partial charge in [-0.2, -0.15) is 4.31 Å². The van der Waals surface area contributed by atoms with Gasteiger partial charge in [-0.1, -0.05) is 29.8 Å². The van der Waals surface area contributed by atoms with Crippen LogP contribution in [0.2, 0.25) is 5.02 Å². The summed E-state index contributed by atoms with van der Waals surface area (Å²) in [6.45, 7) is 1.37. The van der Waals surface area contributed by atoms with Crippen LogP contribution in [-0.2, 0) is 14.8 Å². The zero-order valence-electron chi connectivity index (χ0n) is 13.8. The lowest BCUT2D eigenvalue weighted by molar-refractivity contribution is 0.0730. The molecule has 2 N–H and O–H groups in total. The van der Waals surface area contributed by atoms with Gasteiger partial charge >= 0.3 is 0 Å². The van der Waals surface area contributed by atoms with Crippen molar-refractivity contribution >= 4 is 50.3 Å². The maximum Gasteiger partial charge on any atom is 0.244 e. The Kier molecular flexibility index (Phi) is 6.10. The van der Waals surface area contributed by atoms with E-state index in [4.69, 9.17) is 28.6 Å². The van der Waals surface area contributed by atoms with Crippen LogP contribution < -0.4 is 10.6 Å². The first-order valence-electron chi connectivity index (χ1n) is 7.97. The summed E-state index contributed by atoms with van der Waals surface area (Å²) in [6.07, 6.45) is 0. The average molecular weight is 412 g/mol. The number of hydrogen-bond acceptors (Lipinski definition) is 4. The van der Waals surface area contributed by atoms with Gasteiger partial charge in [-0.3, -0.25) is 0 Å². The molecule has 0 spiro atoms. The predicted octanol–water partition coefficient (Wildman–Crippen LogP) is 3.17. The van der Waals surface area contributed by atoms with Gasteiger partial charge in [0.05, 0.1) is 18.2 Å². The van der Waals surface area contributed by atoms with E-state index in [0.29, 0.717) is 37.1 Å². The van der Waals surface area contributed by atoms with Crippen molar-refractivity contribution in [2.45, 2.75) is 4.90 Å². The van der Waals surface area contributed by atoms with Crippen LogP contribution in [0.4, 0.5) is 11.4 Å². The number of thiocarbonyl (C=S) groups is 1. The summed E-state index contributed by atoms with van der Waals surface area (Å²) in [5.41, 5.74) is 1.37. The largest absolute Gasteiger partial charge is 0.379 e. The van der Waals surface area contributed by atoms with Gasteiger partial charge in [-0.25, -0.2) is 8.42 Å². The van der Waals surface area contributed by atoms with Gasteiger partial charge in [0, 0.05) is 24.5 Å². The van der Waals surface area contributed by atoms with Crippen molar-refractivity contribution in [3.63, 3.8) is 0 Å². The minimum atomic E-state index is -3.69. The SMILES string of the molecule is O=S(=O)(c1cc(NC(=S)Nc2ccccc2)ccc1Cl)N1CCOCC1. The fourth-order valence-corrected chi connectivity index (χ4v) is 4.66. The molecule has 6 nitrogen and oxygen atoms in total. The monoisotopic (exact) mass is 411 g/mol. The molecule has 3 rings (SSSR count). The van der Waals surface area contributed by atoms with Gasteiger partial charge in [-0.05, 0) is 42.5 Å². The number of rotatable bonds is 4. The molecule has 1 aliphatic rings. The molecular formula is C17H18ClN3O3S2. The number of nitrogens with one attached hydrogen (secondary N) is 2. The van der Waals surface area contributed by atoms with Crippen molar-refractivity contribution in [3.05, 3.63) is 53.6 Å². The predicted molar refractivity (Wildman–Crippen MR) is 107 cm³/mol. The third-order valence-corrected chi connectivity index (χ3v) is 6.39. The second-order valence-corrected chi connectivity index (χ2v) is 8.33. The van der Waals surface area contributed by atoms with Crippen LogP contribution in [0.25, 0.3) is 0 Å². The highest BCUT2D eigenvalue weighted by Crippen LogP contribution is 2.28. The van der Waals surface area contributed by atoms with E-state index in [1.165, 1.54) is 10.4 Å². The highest BCUT2D eigenvalue weighted by Gasteiger charge is 2.28. The lowest BCUT2D eigenvalue weighted by atomic mass is 10.3. The highest BCUT2D eigenvalue weighted by molar-refractivity contribution is 7.89. The molecular weight excluding hydrogens is 394 g/mol. The standard InChI is InChI=1S/C17H18ClN3O3S2/c18-15-7-6-14(20-17(25)19-13-4-2-1-3-5-13)12-16(15)26(22,23)21-8-10-24-11-9-21/h1-7,12H,8-11H2,(H2,19,20,25). The Morgan fingerprint density at radius 1 is 1.04 bits per heavy atom. The number of nitrogens with zero attached hydrogens (tertiary/aromatic N) is 1. The van der Waals surface area contributed by atoms with Crippen molar-refractivity contribution in [2.24, 2.45) is 0 Å². The van der Waals surface area contributed by atoms with Crippen molar-refractivity contribution < 1.29 is 13.2 Å². The molecule has 0 unspecified atom stereocenters. The quantitative estimate of drug-likeness (QED) is 0.753. The number of para-hydroxylation sites is 1. The van der Waals surface area contributed by atoms with Gasteiger partial charge in [0.15, 0.2) is 5.11 Å². The average Bonchev–Trinajstić information content (AvgIpc) is 2.64. The van der Waals surface area contributed by atoms with E-state index in [9.17, 15) is 8.42 Å². The van der Waals surface area contributed by atoms with E-state index in [2.05, 4.69) is 10.6 Å². The summed E-state index contributed by atoms with van der Waals surface area (Å²) >= 11 is 11.4. The lowest BCUT2D eigenvalue weighted by Gasteiger charge is -2.26. The first kappa shape index (κ1) is 19.1. The fraction of sp³-hybridized carbons (Fsp3) is 0.235. The van der Waals surface area contributed by atoms with Gasteiger partial charge in [0.2, 0.25) is 10.0 Å². The first-order chi connectivity index (χ1) is 12.5. The van der Waals surface area contributed by atoms with Crippen LogP contribution in [-0.4, -0.2) is 44.1 Å². The van der Waals surface area contributed by atoms with Crippen molar-refractivity contribution in [1.29, 1.82) is 0 Å². The molecule has 0 aromatic heterocycles. The lowest BCUT2D eigenvalue weighted by Crippen LogP contribution is -2.40. The summed E-state index contributed by atoms with van der Waals surface area (Å²) in [6, 6.07) is 14.2. The minimum absolute atomic E-state index is 0.0496. The van der Waals surface area contributed by atoms with Gasteiger partial charge in [0.1, 0.15) is 4.90 Å². The van der Waals surface area contributed by atoms with Crippen LogP contribution in [0.15, 0.2) is 53.4 Å². The number of halogens is 1. The van der Waals surface area contributed by atoms with Crippen LogP contribution in [0.1, 0.15) is 0 Å². The minimum Gasteiger partial charge on any atom is -0.379 e. The van der Waals surface area contributed by atoms with Crippen LogP contribution in [0, 0.1) is 0 Å². The molecule has 9 heteroatoms. The molecule has 0 radical (unpaired) electrons. The Morgan fingerprint density at radius 3 is 2.38 bits per heavy atom. The van der Waals surface area contributed by atoms with Gasteiger partial charge in [-0.15, -0.1) is 0 Å². The molecule has 138 valence electrons. The molecule has 1 aliphatic heterocycles. The molecule has 2 aromatic carbocycles. The number of anilines is 2. The summed E-state index contributed by atoms with van der Waals surface area (Å²) in [7, 11) is -3.69. The third kappa shape index (κ3) is 4.52. The first-order valence-corrected chi connectivity index (χ1v) is 10.2. The van der Waals surface area contributed by atoms with Crippen LogP contribution in [0.3, 0.4) is 0 Å². The number of morpholine rings is 1. The van der Waals surface area contributed by atoms with E-state index in [0.717, 1.165) is 5.69 Å². The molecule has 1 heterocycles. The number of benzene rings is 2. The Morgan fingerprint density at radius 2 is 1.69 bits per heavy atom. The normalized spacial score (nSPS) is 15.4. The molecule has 1 fully saturated rings. The maximum atomic E-state index is 12.8. The smallest absolute Gasteiger partial charge is 0.244 e. The second kappa shape index (κ2) is 8.32.